The number of esters is 1. The maximum Gasteiger partial charge on any atom is 0.410 e. The molecule has 1 aliphatic carbocycles. The molecule has 0 bridgehead atoms. The second kappa shape index (κ2) is 21.6. The molecule has 3 fully saturated rings. The molecule has 3 aliphatic heterocycles. The monoisotopic (exact) mass is 791 g/mol. The molecule has 12 nitrogen and oxygen atoms in total. The van der Waals surface area contributed by atoms with E-state index in [9.17, 15) is 24.9 Å². The van der Waals surface area contributed by atoms with E-state index in [1.807, 2.05) is 59.8 Å². The molecule has 2 saturated heterocycles. The lowest BCUT2D eigenvalue weighted by Gasteiger charge is -2.41. The molecule has 3 heterocycles. The fourth-order valence-electron chi connectivity index (χ4n) is 8.64. The van der Waals surface area contributed by atoms with Gasteiger partial charge in [0.05, 0.1) is 36.4 Å². The van der Waals surface area contributed by atoms with Crippen LogP contribution < -0.4 is 0 Å². The number of nitrogens with zero attached hydrogens (tertiary/aromatic N) is 2. The Morgan fingerprint density at radius 1 is 1.09 bits per heavy atom. The lowest BCUT2D eigenvalue weighted by molar-refractivity contribution is -0.222. The average Bonchev–Trinajstić information content (AvgIpc) is 3.96. The number of epoxide rings is 1. The second-order valence-electron chi connectivity index (χ2n) is 17.3. The number of allylic oxidation sites excluding steroid dienone is 2. The minimum Gasteiger partial charge on any atom is -0.457 e. The van der Waals surface area contributed by atoms with Gasteiger partial charge in [0, 0.05) is 57.1 Å². The van der Waals surface area contributed by atoms with Crippen LogP contribution in [0.4, 0.5) is 4.79 Å². The number of aliphatic hydroxyl groups excluding tert-OH is 2. The maximum absolute atomic E-state index is 13.9. The number of piperazine rings is 1. The molecule has 11 unspecified atom stereocenters. The van der Waals surface area contributed by atoms with Gasteiger partial charge in [-0.2, -0.15) is 0 Å². The Morgan fingerprint density at radius 2 is 1.77 bits per heavy atom. The van der Waals surface area contributed by atoms with Gasteiger partial charge in [-0.25, -0.2) is 4.79 Å². The van der Waals surface area contributed by atoms with Crippen LogP contribution in [-0.2, 0) is 28.5 Å². The molecule has 1 amide bonds. The van der Waals surface area contributed by atoms with E-state index in [-0.39, 0.29) is 36.9 Å². The number of carbonyl (C=O) groups excluding carboxylic acids is 2. The van der Waals surface area contributed by atoms with Crippen molar-refractivity contribution in [3.63, 3.8) is 0 Å². The first-order valence-electron chi connectivity index (χ1n) is 21.5. The van der Waals surface area contributed by atoms with Crippen molar-refractivity contribution in [3.05, 3.63) is 36.0 Å². The zero-order valence-electron chi connectivity index (χ0n) is 35.6. The quantitative estimate of drug-likeness (QED) is 0.0445. The third-order valence-electron chi connectivity index (χ3n) is 12.3. The van der Waals surface area contributed by atoms with E-state index in [1.54, 1.807) is 30.9 Å². The smallest absolute Gasteiger partial charge is 0.410 e. The van der Waals surface area contributed by atoms with Crippen molar-refractivity contribution in [2.45, 2.75) is 186 Å². The van der Waals surface area contributed by atoms with Crippen LogP contribution in [0.15, 0.2) is 36.0 Å². The Morgan fingerprint density at radius 3 is 2.41 bits per heavy atom. The summed E-state index contributed by atoms with van der Waals surface area (Å²) in [6.07, 6.45) is 13.7. The van der Waals surface area contributed by atoms with Crippen molar-refractivity contribution in [1.29, 1.82) is 0 Å². The number of ether oxygens (including phenoxy) is 5. The predicted molar refractivity (Wildman–Crippen MR) is 216 cm³/mol. The van der Waals surface area contributed by atoms with E-state index in [0.29, 0.717) is 45.0 Å². The topological polar surface area (TPSA) is 151 Å². The van der Waals surface area contributed by atoms with Gasteiger partial charge in [-0.3, -0.25) is 9.69 Å². The first-order chi connectivity index (χ1) is 26.6. The lowest BCUT2D eigenvalue weighted by Crippen LogP contribution is -2.54. The summed E-state index contributed by atoms with van der Waals surface area (Å²) < 4.78 is 30.4. The van der Waals surface area contributed by atoms with Gasteiger partial charge in [0.15, 0.2) is 12.4 Å². The molecule has 320 valence electrons. The zero-order valence-corrected chi connectivity index (χ0v) is 35.6. The standard InChI is InChI=1S/C44H74N2O10/c1-9-36(48)32(5)41-37(53-41)29-43(7,51)22-15-16-30(3)40-31(4)19-20-38(44(8,56-33(6)52-10-2)23-21-35(47)28-39(49)55-40)54-42(50)46-26-24-45(25-27-46)34-17-13-11-12-14-18-34/h15-16,19-20,22,31-38,40-41,47-48,51H,9-14,17-18,21,23-29H2,1-8H3/b20-19-,22-15+,30-16+. The predicted octanol–water partition coefficient (Wildman–Crippen LogP) is 6.46. The van der Waals surface area contributed by atoms with Crippen LogP contribution in [0.5, 0.6) is 0 Å². The van der Waals surface area contributed by atoms with Gasteiger partial charge in [-0.15, -0.1) is 0 Å². The Bertz CT molecular complexity index is 1320. The van der Waals surface area contributed by atoms with Crippen LogP contribution in [0.1, 0.15) is 126 Å². The fourth-order valence-corrected chi connectivity index (χ4v) is 8.64. The van der Waals surface area contributed by atoms with Crippen molar-refractivity contribution < 1.29 is 48.6 Å². The van der Waals surface area contributed by atoms with Crippen molar-refractivity contribution in [2.75, 3.05) is 32.8 Å². The number of amides is 1. The van der Waals surface area contributed by atoms with Gasteiger partial charge in [0.1, 0.15) is 11.7 Å². The maximum atomic E-state index is 13.9. The molecular formula is C44H74N2O10. The van der Waals surface area contributed by atoms with Crippen LogP contribution in [-0.4, -0.2) is 130 Å². The van der Waals surface area contributed by atoms with Crippen LogP contribution in [0, 0.1) is 11.8 Å². The fraction of sp³-hybridized carbons (Fsp3) is 0.818. The van der Waals surface area contributed by atoms with Crippen LogP contribution in [0.25, 0.3) is 0 Å². The lowest BCUT2D eigenvalue weighted by atomic mass is 9.88. The highest BCUT2D eigenvalue weighted by atomic mass is 16.7. The molecule has 4 aliphatic rings. The van der Waals surface area contributed by atoms with Crippen molar-refractivity contribution in [3.8, 4) is 0 Å². The number of hydrogen-bond donors (Lipinski definition) is 3. The largest absolute Gasteiger partial charge is 0.457 e. The summed E-state index contributed by atoms with van der Waals surface area (Å²) in [6, 6.07) is 0.581. The molecule has 0 spiro atoms. The summed E-state index contributed by atoms with van der Waals surface area (Å²) in [6.45, 7) is 18.2. The van der Waals surface area contributed by atoms with E-state index >= 15 is 0 Å². The summed E-state index contributed by atoms with van der Waals surface area (Å²) in [4.78, 5) is 31.4. The number of carbonyl (C=O) groups is 2. The molecule has 12 heteroatoms. The second-order valence-corrected chi connectivity index (χ2v) is 17.3. The van der Waals surface area contributed by atoms with Gasteiger partial charge in [-0.05, 0) is 78.4 Å². The first kappa shape index (κ1) is 46.4. The molecule has 1 saturated carbocycles. The highest BCUT2D eigenvalue weighted by Crippen LogP contribution is 2.38. The van der Waals surface area contributed by atoms with Crippen molar-refractivity contribution >= 4 is 12.1 Å². The van der Waals surface area contributed by atoms with Crippen LogP contribution in [0.2, 0.25) is 0 Å². The Hall–Kier alpha value is -2.32. The highest BCUT2D eigenvalue weighted by Gasteiger charge is 2.47. The average molecular weight is 791 g/mol. The SMILES string of the molecule is CCOC(C)OC1(C)CCC(O)CC(=O)OC(/C(C)=C/C=C/C(C)(O)CC2OC2C(C)C(O)CC)C(C)/C=C\C1OC(=O)N1CCN(C2CCCCCC2)CC1. The van der Waals surface area contributed by atoms with Gasteiger partial charge in [-0.1, -0.05) is 70.8 Å². The van der Waals surface area contributed by atoms with Crippen molar-refractivity contribution in [1.82, 2.24) is 9.80 Å². The summed E-state index contributed by atoms with van der Waals surface area (Å²) in [5.74, 6) is -0.892. The van der Waals surface area contributed by atoms with Gasteiger partial charge in [0.2, 0.25) is 0 Å². The Balaban J connectivity index is 1.52. The number of aliphatic hydroxyl groups is 3. The number of hydrogen-bond acceptors (Lipinski definition) is 11. The normalized spacial score (nSPS) is 33.9. The molecule has 11 atom stereocenters. The van der Waals surface area contributed by atoms with E-state index in [4.69, 9.17) is 23.7 Å². The summed E-state index contributed by atoms with van der Waals surface area (Å²) in [5.41, 5.74) is -1.51. The van der Waals surface area contributed by atoms with Gasteiger partial charge >= 0.3 is 12.1 Å². The van der Waals surface area contributed by atoms with Gasteiger partial charge in [0.25, 0.3) is 0 Å². The van der Waals surface area contributed by atoms with Crippen LogP contribution >= 0.6 is 0 Å². The minimum atomic E-state index is -1.16. The molecule has 3 N–H and O–H groups in total. The Kier molecular flexibility index (Phi) is 17.9. The van der Waals surface area contributed by atoms with E-state index in [0.717, 1.165) is 18.7 Å². The zero-order chi connectivity index (χ0) is 41.0. The van der Waals surface area contributed by atoms with E-state index < -0.39 is 54.0 Å². The third-order valence-corrected chi connectivity index (χ3v) is 12.3. The van der Waals surface area contributed by atoms with Crippen LogP contribution in [0.3, 0.4) is 0 Å². The molecule has 4 rings (SSSR count). The van der Waals surface area contributed by atoms with E-state index in [1.165, 1.54) is 38.5 Å². The summed E-state index contributed by atoms with van der Waals surface area (Å²) in [7, 11) is 0. The molecular weight excluding hydrogens is 716 g/mol. The Labute approximate surface area is 336 Å². The summed E-state index contributed by atoms with van der Waals surface area (Å²) >= 11 is 0. The molecule has 0 aromatic heterocycles. The highest BCUT2D eigenvalue weighted by molar-refractivity contribution is 5.70. The molecule has 56 heavy (non-hydrogen) atoms. The van der Waals surface area contributed by atoms with Gasteiger partial charge < -0.3 is 43.9 Å². The molecule has 0 radical (unpaired) electrons. The number of rotatable bonds is 14. The molecule has 0 aromatic rings. The molecule has 0 aromatic carbocycles. The summed E-state index contributed by atoms with van der Waals surface area (Å²) in [5, 5.41) is 32.4. The number of cyclic esters (lactones) is 1. The van der Waals surface area contributed by atoms with Crippen molar-refractivity contribution in [2.24, 2.45) is 11.8 Å². The first-order valence-corrected chi connectivity index (χ1v) is 21.5. The van der Waals surface area contributed by atoms with E-state index in [2.05, 4.69) is 4.90 Å². The third kappa shape index (κ3) is 13.9. The minimum absolute atomic E-state index is 0.0113.